The number of aromatic nitrogens is 5. The first-order chi connectivity index (χ1) is 16.5. The van der Waals surface area contributed by atoms with Crippen molar-refractivity contribution in [3.8, 4) is 11.4 Å². The number of carbonyl (C=O) groups excluding carboxylic acids is 2. The van der Waals surface area contributed by atoms with Gasteiger partial charge in [-0.2, -0.15) is 4.80 Å². The lowest BCUT2D eigenvalue weighted by atomic mass is 10.1. The third-order valence-corrected chi connectivity index (χ3v) is 6.46. The van der Waals surface area contributed by atoms with Gasteiger partial charge in [-0.25, -0.2) is 0 Å². The van der Waals surface area contributed by atoms with Crippen molar-refractivity contribution in [2.45, 2.75) is 13.5 Å². The molecule has 0 spiro atoms. The molecule has 0 bridgehead atoms. The van der Waals surface area contributed by atoms with Crippen LogP contribution >= 0.6 is 22.9 Å². The van der Waals surface area contributed by atoms with Gasteiger partial charge in [0.2, 0.25) is 11.7 Å². The molecule has 3 heterocycles. The van der Waals surface area contributed by atoms with Crippen molar-refractivity contribution in [1.29, 1.82) is 0 Å². The minimum absolute atomic E-state index is 0.176. The monoisotopic (exact) mass is 493 g/mol. The van der Waals surface area contributed by atoms with Gasteiger partial charge in [0.25, 0.3) is 5.91 Å². The van der Waals surface area contributed by atoms with Crippen molar-refractivity contribution >= 4 is 56.3 Å². The molecule has 2 N–H and O–H groups in total. The number of hydrogen-bond donors (Lipinski definition) is 2. The zero-order valence-electron chi connectivity index (χ0n) is 17.7. The van der Waals surface area contributed by atoms with E-state index < -0.39 is 5.91 Å². The van der Waals surface area contributed by atoms with Gasteiger partial charge in [-0.3, -0.25) is 9.59 Å². The fourth-order valence-corrected chi connectivity index (χ4v) is 4.69. The van der Waals surface area contributed by atoms with E-state index in [2.05, 4.69) is 31.2 Å². The molecule has 0 unspecified atom stereocenters. The van der Waals surface area contributed by atoms with Crippen LogP contribution in [0.3, 0.4) is 0 Å². The smallest absolute Gasteiger partial charge is 0.267 e. The minimum atomic E-state index is -0.391. The molecule has 5 rings (SSSR count). The molecule has 0 fully saturated rings. The Bertz CT molecular complexity index is 1520. The highest BCUT2D eigenvalue weighted by Gasteiger charge is 2.20. The summed E-state index contributed by atoms with van der Waals surface area (Å²) in [5.74, 6) is 0.401. The lowest BCUT2D eigenvalue weighted by Gasteiger charge is -2.08. The fraction of sp³-hybridized carbons (Fsp3) is 0.0909. The van der Waals surface area contributed by atoms with Gasteiger partial charge in [-0.1, -0.05) is 47.1 Å². The maximum Gasteiger partial charge on any atom is 0.267 e. The van der Waals surface area contributed by atoms with Crippen molar-refractivity contribution in [2.75, 3.05) is 10.6 Å². The average Bonchev–Trinajstić information content (AvgIpc) is 3.54. The molecule has 170 valence electrons. The number of anilines is 2. The van der Waals surface area contributed by atoms with E-state index in [0.717, 1.165) is 14.9 Å². The summed E-state index contributed by atoms with van der Waals surface area (Å²) >= 11 is 7.77. The first-order valence-corrected chi connectivity index (χ1v) is 11.3. The number of nitrogens with zero attached hydrogens (tertiary/aromatic N) is 5. The van der Waals surface area contributed by atoms with Crippen LogP contribution in [0.4, 0.5) is 11.5 Å². The Morgan fingerprint density at radius 2 is 1.91 bits per heavy atom. The molecule has 0 aliphatic heterocycles. The summed E-state index contributed by atoms with van der Waals surface area (Å²) in [6.45, 7) is 1.55. The van der Waals surface area contributed by atoms with E-state index in [1.165, 1.54) is 11.3 Å². The second-order valence-corrected chi connectivity index (χ2v) is 8.69. The van der Waals surface area contributed by atoms with Gasteiger partial charge in [-0.05, 0) is 30.3 Å². The van der Waals surface area contributed by atoms with Gasteiger partial charge in [0, 0.05) is 21.7 Å². The van der Waals surface area contributed by atoms with E-state index >= 15 is 0 Å². The van der Waals surface area contributed by atoms with E-state index in [1.807, 2.05) is 24.3 Å². The number of benzene rings is 2. The van der Waals surface area contributed by atoms with Crippen LogP contribution < -0.4 is 10.6 Å². The Labute approximate surface area is 201 Å². The summed E-state index contributed by atoms with van der Waals surface area (Å²) in [6, 6.07) is 16.2. The van der Waals surface area contributed by atoms with Crippen molar-refractivity contribution in [3.05, 3.63) is 70.3 Å². The quantitative estimate of drug-likeness (QED) is 0.359. The molecule has 0 atom stereocenters. The second kappa shape index (κ2) is 9.04. The number of halogens is 1. The Hall–Kier alpha value is -4.09. The highest BCUT2D eigenvalue weighted by molar-refractivity contribution is 7.21. The first-order valence-electron chi connectivity index (χ1n) is 10.1. The number of tetrazole rings is 1. The summed E-state index contributed by atoms with van der Waals surface area (Å²) in [7, 11) is 0. The predicted molar refractivity (Wildman–Crippen MR) is 128 cm³/mol. The lowest BCUT2D eigenvalue weighted by molar-refractivity contribution is -0.117. The summed E-state index contributed by atoms with van der Waals surface area (Å²) < 4.78 is 5.85. The number of thiophene rings is 1. The van der Waals surface area contributed by atoms with Crippen LogP contribution in [0, 0.1) is 6.92 Å². The van der Waals surface area contributed by atoms with Gasteiger partial charge >= 0.3 is 0 Å². The molecule has 2 aromatic carbocycles. The largest absolute Gasteiger partial charge is 0.360 e. The van der Waals surface area contributed by atoms with E-state index in [0.29, 0.717) is 32.7 Å². The third kappa shape index (κ3) is 4.38. The van der Waals surface area contributed by atoms with Crippen LogP contribution in [0.25, 0.3) is 21.5 Å². The minimum Gasteiger partial charge on any atom is -0.360 e. The van der Waals surface area contributed by atoms with Gasteiger partial charge in [0.1, 0.15) is 17.2 Å². The van der Waals surface area contributed by atoms with Crippen LogP contribution in [-0.4, -0.2) is 37.2 Å². The summed E-state index contributed by atoms with van der Waals surface area (Å²) in [5.41, 5.74) is 1.04. The van der Waals surface area contributed by atoms with Gasteiger partial charge < -0.3 is 15.2 Å². The first kappa shape index (κ1) is 21.7. The molecule has 0 radical (unpaired) electrons. The summed E-state index contributed by atoms with van der Waals surface area (Å²) in [6.07, 6.45) is 0. The molecule has 2 amide bonds. The van der Waals surface area contributed by atoms with E-state index in [4.69, 9.17) is 16.1 Å². The fourth-order valence-electron chi connectivity index (χ4n) is 3.28. The number of fused-ring (bicyclic) bond motifs is 1. The van der Waals surface area contributed by atoms with Crippen LogP contribution in [0.2, 0.25) is 5.02 Å². The summed E-state index contributed by atoms with van der Waals surface area (Å²) in [4.78, 5) is 26.8. The molecule has 10 nitrogen and oxygen atoms in total. The number of amides is 2. The van der Waals surface area contributed by atoms with Crippen molar-refractivity contribution in [2.24, 2.45) is 0 Å². The molecular weight excluding hydrogens is 478 g/mol. The van der Waals surface area contributed by atoms with Crippen molar-refractivity contribution in [1.82, 2.24) is 25.4 Å². The Kier molecular flexibility index (Phi) is 5.78. The number of para-hydroxylation sites is 1. The van der Waals surface area contributed by atoms with Crippen LogP contribution in [0.15, 0.2) is 59.1 Å². The van der Waals surface area contributed by atoms with E-state index in [-0.39, 0.29) is 18.3 Å². The highest BCUT2D eigenvalue weighted by Crippen LogP contribution is 2.36. The Morgan fingerprint density at radius 1 is 1.12 bits per heavy atom. The van der Waals surface area contributed by atoms with Gasteiger partial charge in [-0.15, -0.1) is 21.5 Å². The van der Waals surface area contributed by atoms with Crippen molar-refractivity contribution in [3.63, 3.8) is 0 Å². The molecule has 0 aliphatic rings. The van der Waals surface area contributed by atoms with Gasteiger partial charge in [0.05, 0.1) is 10.7 Å². The van der Waals surface area contributed by atoms with E-state index in [9.17, 15) is 9.59 Å². The summed E-state index contributed by atoms with van der Waals surface area (Å²) in [5, 5.41) is 22.7. The number of hydrogen-bond acceptors (Lipinski definition) is 8. The van der Waals surface area contributed by atoms with Gasteiger partial charge in [0.15, 0.2) is 5.82 Å². The third-order valence-electron chi connectivity index (χ3n) is 4.79. The zero-order chi connectivity index (χ0) is 23.7. The highest BCUT2D eigenvalue weighted by atomic mass is 35.5. The topological polar surface area (TPSA) is 128 Å². The Morgan fingerprint density at radius 3 is 2.71 bits per heavy atom. The average molecular weight is 494 g/mol. The zero-order valence-corrected chi connectivity index (χ0v) is 19.2. The molecule has 34 heavy (non-hydrogen) atoms. The molecule has 12 heteroatoms. The molecule has 0 saturated heterocycles. The predicted octanol–water partition coefficient (Wildman–Crippen LogP) is 4.40. The number of nitrogens with one attached hydrogen (secondary N) is 2. The van der Waals surface area contributed by atoms with Crippen LogP contribution in [0.5, 0.6) is 0 Å². The maximum atomic E-state index is 13.0. The standard InChI is InChI=1S/C22H16ClN7O3S/c1-12-10-17(28-33-12)25-18(31)11-30-27-21(26-29-30)13-6-2-4-8-15(13)24-22(32)20-19(23)14-7-3-5-9-16(14)34-20/h2-10H,11H2,1H3,(H,24,32)(H,25,28,31). The van der Waals surface area contributed by atoms with Crippen molar-refractivity contribution < 1.29 is 14.1 Å². The molecule has 0 saturated carbocycles. The number of carbonyl (C=O) groups is 2. The molecular formula is C22H16ClN7O3S. The maximum absolute atomic E-state index is 13.0. The van der Waals surface area contributed by atoms with Crippen LogP contribution in [0.1, 0.15) is 15.4 Å². The van der Waals surface area contributed by atoms with Crippen LogP contribution in [-0.2, 0) is 11.3 Å². The molecule has 5 aromatic rings. The molecule has 3 aromatic heterocycles. The van der Waals surface area contributed by atoms with E-state index in [1.54, 1.807) is 37.3 Å². The second-order valence-electron chi connectivity index (χ2n) is 7.26. The molecule has 0 aliphatic carbocycles. The normalized spacial score (nSPS) is 11.0. The number of aryl methyl sites for hydroxylation is 1. The SMILES string of the molecule is Cc1cc(NC(=O)Cn2nnc(-c3ccccc3NC(=O)c3sc4ccccc4c3Cl)n2)no1. The lowest BCUT2D eigenvalue weighted by Crippen LogP contribution is -2.20. The number of rotatable bonds is 6. The Balaban J connectivity index is 1.34.